The fraction of sp³-hybridized carbons (Fsp3) is 0.471. The molecule has 2 aliphatic rings. The number of aliphatic hydroxyl groups excluding tert-OH is 1. The lowest BCUT2D eigenvalue weighted by molar-refractivity contribution is -0.132. The van der Waals surface area contributed by atoms with E-state index in [-0.39, 0.29) is 43.3 Å². The molecule has 1 aromatic rings. The molecule has 1 aliphatic heterocycles. The van der Waals surface area contributed by atoms with E-state index < -0.39 is 0 Å². The van der Waals surface area contributed by atoms with Gasteiger partial charge in [0.25, 0.3) is 11.8 Å². The van der Waals surface area contributed by atoms with Gasteiger partial charge in [-0.25, -0.2) is 0 Å². The van der Waals surface area contributed by atoms with Crippen molar-refractivity contribution in [1.29, 1.82) is 0 Å². The number of imide groups is 1. The number of amides is 3. The number of carbonyl (C=O) groups is 3. The van der Waals surface area contributed by atoms with Crippen molar-refractivity contribution in [2.45, 2.75) is 31.7 Å². The highest BCUT2D eigenvalue weighted by molar-refractivity contribution is 6.21. The highest BCUT2D eigenvalue weighted by atomic mass is 16.3. The Labute approximate surface area is 134 Å². The van der Waals surface area contributed by atoms with E-state index in [1.165, 1.54) is 4.90 Å². The summed E-state index contributed by atoms with van der Waals surface area (Å²) in [5.41, 5.74) is 0.868. The minimum absolute atomic E-state index is 0.0156. The first-order valence-electron chi connectivity index (χ1n) is 7.99. The Morgan fingerprint density at radius 3 is 2.30 bits per heavy atom. The molecule has 1 aliphatic carbocycles. The van der Waals surface area contributed by atoms with Crippen LogP contribution in [0.2, 0.25) is 0 Å². The monoisotopic (exact) mass is 316 g/mol. The van der Waals surface area contributed by atoms with Crippen LogP contribution in [0.25, 0.3) is 0 Å². The van der Waals surface area contributed by atoms with Gasteiger partial charge in [0, 0.05) is 25.6 Å². The molecule has 1 heterocycles. The summed E-state index contributed by atoms with van der Waals surface area (Å²) >= 11 is 0. The van der Waals surface area contributed by atoms with Crippen LogP contribution in [0.15, 0.2) is 24.3 Å². The molecule has 23 heavy (non-hydrogen) atoms. The number of rotatable bonds is 7. The number of carbonyl (C=O) groups excluding carboxylic acids is 3. The highest BCUT2D eigenvalue weighted by Crippen LogP contribution is 2.27. The van der Waals surface area contributed by atoms with E-state index in [0.717, 1.165) is 12.8 Å². The van der Waals surface area contributed by atoms with E-state index in [0.29, 0.717) is 24.1 Å². The molecule has 6 nitrogen and oxygen atoms in total. The zero-order valence-electron chi connectivity index (χ0n) is 12.9. The lowest BCUT2D eigenvalue weighted by Crippen LogP contribution is -2.36. The topological polar surface area (TPSA) is 77.9 Å². The Hall–Kier alpha value is -2.21. The Balaban J connectivity index is 1.54. The number of hydrogen-bond acceptors (Lipinski definition) is 4. The summed E-state index contributed by atoms with van der Waals surface area (Å²) in [6, 6.07) is 7.03. The summed E-state index contributed by atoms with van der Waals surface area (Å²) in [7, 11) is 0. The third-order valence-corrected chi connectivity index (χ3v) is 4.30. The Bertz CT molecular complexity index is 604. The second-order valence-electron chi connectivity index (χ2n) is 5.95. The zero-order chi connectivity index (χ0) is 16.4. The Morgan fingerprint density at radius 2 is 1.78 bits per heavy atom. The molecule has 3 rings (SSSR count). The maximum atomic E-state index is 12.2. The molecule has 6 heteroatoms. The summed E-state index contributed by atoms with van der Waals surface area (Å²) in [6.07, 6.45) is 2.71. The second-order valence-corrected chi connectivity index (χ2v) is 5.95. The molecular formula is C17H20N2O4. The molecule has 0 aromatic heterocycles. The van der Waals surface area contributed by atoms with Gasteiger partial charge in [0.05, 0.1) is 17.7 Å². The molecule has 0 atom stereocenters. The Morgan fingerprint density at radius 1 is 1.17 bits per heavy atom. The van der Waals surface area contributed by atoms with E-state index in [4.69, 9.17) is 5.11 Å². The lowest BCUT2D eigenvalue weighted by atomic mass is 10.1. The summed E-state index contributed by atoms with van der Waals surface area (Å²) < 4.78 is 0. The van der Waals surface area contributed by atoms with Gasteiger partial charge >= 0.3 is 0 Å². The van der Waals surface area contributed by atoms with E-state index in [2.05, 4.69) is 0 Å². The molecule has 1 N–H and O–H groups in total. The largest absolute Gasteiger partial charge is 0.395 e. The maximum absolute atomic E-state index is 12.2. The van der Waals surface area contributed by atoms with E-state index in [1.807, 2.05) is 0 Å². The maximum Gasteiger partial charge on any atom is 0.261 e. The summed E-state index contributed by atoms with van der Waals surface area (Å²) in [4.78, 5) is 39.5. The summed E-state index contributed by atoms with van der Waals surface area (Å²) in [5.74, 6) is -0.585. The SMILES string of the molecule is O=C1c2ccccc2C(=O)N1CCCC(=O)N(CCO)C1CC1. The average molecular weight is 316 g/mol. The molecule has 1 saturated carbocycles. The normalized spacial score (nSPS) is 16.7. The fourth-order valence-corrected chi connectivity index (χ4v) is 2.98. The van der Waals surface area contributed by atoms with Crippen molar-refractivity contribution in [1.82, 2.24) is 9.80 Å². The van der Waals surface area contributed by atoms with Crippen LogP contribution in [0.3, 0.4) is 0 Å². The first-order valence-corrected chi connectivity index (χ1v) is 7.99. The van der Waals surface area contributed by atoms with Crippen LogP contribution >= 0.6 is 0 Å². The second kappa shape index (κ2) is 6.50. The predicted molar refractivity (Wildman–Crippen MR) is 82.9 cm³/mol. The van der Waals surface area contributed by atoms with Crippen LogP contribution < -0.4 is 0 Å². The van der Waals surface area contributed by atoms with Crippen LogP contribution in [-0.2, 0) is 4.79 Å². The first kappa shape index (κ1) is 15.7. The summed E-state index contributed by atoms with van der Waals surface area (Å²) in [6.45, 7) is 0.562. The van der Waals surface area contributed by atoms with Gasteiger partial charge in [-0.3, -0.25) is 19.3 Å². The van der Waals surface area contributed by atoms with Crippen LogP contribution in [0.1, 0.15) is 46.4 Å². The highest BCUT2D eigenvalue weighted by Gasteiger charge is 2.35. The fourth-order valence-electron chi connectivity index (χ4n) is 2.98. The van der Waals surface area contributed by atoms with Crippen LogP contribution in [-0.4, -0.2) is 58.4 Å². The Kier molecular flexibility index (Phi) is 4.43. The van der Waals surface area contributed by atoms with Gasteiger partial charge in [-0.1, -0.05) is 12.1 Å². The van der Waals surface area contributed by atoms with Crippen molar-refractivity contribution in [3.8, 4) is 0 Å². The van der Waals surface area contributed by atoms with Gasteiger partial charge in [-0.05, 0) is 31.4 Å². The van der Waals surface area contributed by atoms with Crippen molar-refractivity contribution in [2.75, 3.05) is 19.7 Å². The van der Waals surface area contributed by atoms with Gasteiger partial charge in [-0.15, -0.1) is 0 Å². The number of benzene rings is 1. The third kappa shape index (κ3) is 3.12. The van der Waals surface area contributed by atoms with Crippen molar-refractivity contribution in [3.05, 3.63) is 35.4 Å². The van der Waals surface area contributed by atoms with Crippen LogP contribution in [0.4, 0.5) is 0 Å². The molecule has 1 aromatic carbocycles. The molecule has 0 unspecified atom stereocenters. The van der Waals surface area contributed by atoms with Crippen molar-refractivity contribution >= 4 is 17.7 Å². The smallest absolute Gasteiger partial charge is 0.261 e. The van der Waals surface area contributed by atoms with E-state index in [9.17, 15) is 14.4 Å². The lowest BCUT2D eigenvalue weighted by Gasteiger charge is -2.22. The summed E-state index contributed by atoms with van der Waals surface area (Å²) in [5, 5.41) is 9.04. The third-order valence-electron chi connectivity index (χ3n) is 4.30. The van der Waals surface area contributed by atoms with E-state index >= 15 is 0 Å². The molecule has 0 radical (unpaired) electrons. The number of aliphatic hydroxyl groups is 1. The molecule has 1 fully saturated rings. The minimum Gasteiger partial charge on any atom is -0.395 e. The van der Waals surface area contributed by atoms with E-state index in [1.54, 1.807) is 29.2 Å². The van der Waals surface area contributed by atoms with Crippen molar-refractivity contribution < 1.29 is 19.5 Å². The van der Waals surface area contributed by atoms with Gasteiger partial charge in [0.15, 0.2) is 0 Å². The van der Waals surface area contributed by atoms with Gasteiger partial charge in [-0.2, -0.15) is 0 Å². The molecule has 0 spiro atoms. The van der Waals surface area contributed by atoms with Gasteiger partial charge < -0.3 is 10.0 Å². The van der Waals surface area contributed by atoms with Crippen molar-refractivity contribution in [3.63, 3.8) is 0 Å². The van der Waals surface area contributed by atoms with Crippen LogP contribution in [0.5, 0.6) is 0 Å². The van der Waals surface area contributed by atoms with Gasteiger partial charge in [0.1, 0.15) is 0 Å². The van der Waals surface area contributed by atoms with Crippen molar-refractivity contribution in [2.24, 2.45) is 0 Å². The number of hydrogen-bond donors (Lipinski definition) is 1. The average Bonchev–Trinajstić information content (AvgIpc) is 3.36. The van der Waals surface area contributed by atoms with Crippen LogP contribution in [0, 0.1) is 0 Å². The predicted octanol–water partition coefficient (Wildman–Crippen LogP) is 1.05. The first-order chi connectivity index (χ1) is 11.1. The quantitative estimate of drug-likeness (QED) is 0.763. The molecule has 3 amide bonds. The standard InChI is InChI=1S/C17H20N2O4/c20-11-10-18(12-7-8-12)15(21)6-3-9-19-16(22)13-4-1-2-5-14(13)17(19)23/h1-2,4-5,12,20H,3,6-11H2. The number of fused-ring (bicyclic) bond motifs is 1. The molecular weight excluding hydrogens is 296 g/mol. The minimum atomic E-state index is -0.285. The van der Waals surface area contributed by atoms with Gasteiger partial charge in [0.2, 0.25) is 5.91 Å². The molecule has 0 bridgehead atoms. The molecule has 0 saturated heterocycles. The number of nitrogens with zero attached hydrogens (tertiary/aromatic N) is 2. The zero-order valence-corrected chi connectivity index (χ0v) is 12.9. The molecule has 122 valence electrons.